The molecule has 30 heavy (non-hydrogen) atoms. The Morgan fingerprint density at radius 2 is 2.23 bits per heavy atom. The zero-order valence-corrected chi connectivity index (χ0v) is 17.9. The Kier molecular flexibility index (Phi) is 4.45. The molecule has 0 bridgehead atoms. The molecule has 0 radical (unpaired) electrons. The zero-order chi connectivity index (χ0) is 20.2. The van der Waals surface area contributed by atoms with E-state index in [2.05, 4.69) is 26.9 Å². The second kappa shape index (κ2) is 7.19. The van der Waals surface area contributed by atoms with Crippen LogP contribution in [0.25, 0.3) is 0 Å². The quantitative estimate of drug-likeness (QED) is 0.634. The summed E-state index contributed by atoms with van der Waals surface area (Å²) in [6.07, 6.45) is 7.75. The lowest BCUT2D eigenvalue weighted by atomic mass is 9.82. The van der Waals surface area contributed by atoms with Crippen LogP contribution < -0.4 is 10.6 Å². The molecule has 1 aliphatic carbocycles. The number of anilines is 1. The molecule has 10 heteroatoms. The van der Waals surface area contributed by atoms with Crippen molar-refractivity contribution in [2.45, 2.75) is 22.3 Å². The SMILES string of the molecule is O=C1CNCC2=C1C(c1ccc(SC3=NC4C=C(Cl)C=CC4S3)o1)c1cn[nH]c1N2. The van der Waals surface area contributed by atoms with Crippen LogP contribution in [-0.2, 0) is 4.79 Å². The van der Waals surface area contributed by atoms with E-state index in [9.17, 15) is 4.79 Å². The second-order valence-electron chi connectivity index (χ2n) is 7.31. The van der Waals surface area contributed by atoms with Gasteiger partial charge in [0.05, 0.1) is 30.0 Å². The van der Waals surface area contributed by atoms with E-state index in [1.165, 1.54) is 11.8 Å². The Balaban J connectivity index is 1.30. The maximum atomic E-state index is 12.7. The van der Waals surface area contributed by atoms with Crippen LogP contribution in [0.5, 0.6) is 0 Å². The first kappa shape index (κ1) is 18.6. The average Bonchev–Trinajstić information content (AvgIpc) is 3.45. The normalized spacial score (nSPS) is 27.2. The molecule has 152 valence electrons. The molecule has 4 aliphatic rings. The molecule has 3 unspecified atom stereocenters. The first-order valence-electron chi connectivity index (χ1n) is 9.50. The Morgan fingerprint density at radius 3 is 3.17 bits per heavy atom. The number of rotatable bonds is 2. The average molecular weight is 458 g/mol. The van der Waals surface area contributed by atoms with Crippen molar-refractivity contribution in [3.63, 3.8) is 0 Å². The van der Waals surface area contributed by atoms with Crippen molar-refractivity contribution < 1.29 is 9.21 Å². The Bertz CT molecular complexity index is 1180. The number of thioether (sulfide) groups is 2. The highest BCUT2D eigenvalue weighted by Crippen LogP contribution is 2.44. The Hall–Kier alpha value is -2.20. The van der Waals surface area contributed by atoms with E-state index in [0.29, 0.717) is 13.1 Å². The number of carbonyl (C=O) groups is 1. The molecule has 0 saturated heterocycles. The lowest BCUT2D eigenvalue weighted by Gasteiger charge is -2.30. The first-order chi connectivity index (χ1) is 14.7. The molecule has 0 spiro atoms. The summed E-state index contributed by atoms with van der Waals surface area (Å²) < 4.78 is 7.17. The number of allylic oxidation sites excluding steroid dienone is 2. The predicted molar refractivity (Wildman–Crippen MR) is 119 cm³/mol. The Labute approximate surface area is 185 Å². The summed E-state index contributed by atoms with van der Waals surface area (Å²) in [7, 11) is 0. The van der Waals surface area contributed by atoms with Gasteiger partial charge < -0.3 is 15.1 Å². The van der Waals surface area contributed by atoms with Gasteiger partial charge in [0.1, 0.15) is 16.0 Å². The fourth-order valence-corrected chi connectivity index (χ4v) is 6.55. The number of nitrogens with one attached hydrogen (secondary N) is 3. The van der Waals surface area contributed by atoms with Gasteiger partial charge in [0.25, 0.3) is 0 Å². The predicted octanol–water partition coefficient (Wildman–Crippen LogP) is 3.61. The number of H-pyrrole nitrogens is 1. The number of furan rings is 1. The summed E-state index contributed by atoms with van der Waals surface area (Å²) in [5.74, 6) is 1.33. The summed E-state index contributed by atoms with van der Waals surface area (Å²) in [6, 6.07) is 3.96. The molecule has 3 aliphatic heterocycles. The summed E-state index contributed by atoms with van der Waals surface area (Å²) >= 11 is 9.32. The third kappa shape index (κ3) is 3.08. The van der Waals surface area contributed by atoms with E-state index in [1.54, 1.807) is 18.0 Å². The summed E-state index contributed by atoms with van der Waals surface area (Å²) in [6.45, 7) is 0.935. The van der Waals surface area contributed by atoms with Crippen molar-refractivity contribution in [3.05, 3.63) is 64.2 Å². The highest BCUT2D eigenvalue weighted by Gasteiger charge is 2.38. The molecular weight excluding hydrogens is 442 g/mol. The smallest absolute Gasteiger partial charge is 0.175 e. The largest absolute Gasteiger partial charge is 0.453 e. The second-order valence-corrected chi connectivity index (χ2v) is 10.2. The maximum absolute atomic E-state index is 12.7. The first-order valence-corrected chi connectivity index (χ1v) is 11.6. The number of halogens is 1. The number of fused-ring (bicyclic) bond motifs is 2. The zero-order valence-electron chi connectivity index (χ0n) is 15.5. The molecule has 0 saturated carbocycles. The molecule has 2 aromatic rings. The van der Waals surface area contributed by atoms with E-state index < -0.39 is 0 Å². The van der Waals surface area contributed by atoms with E-state index in [1.807, 2.05) is 24.3 Å². The number of ketones is 1. The summed E-state index contributed by atoms with van der Waals surface area (Å²) in [5, 5.41) is 15.3. The molecule has 6 rings (SSSR count). The molecule has 3 atom stereocenters. The summed E-state index contributed by atoms with van der Waals surface area (Å²) in [4.78, 5) is 17.5. The van der Waals surface area contributed by atoms with Crippen LogP contribution in [0.4, 0.5) is 5.82 Å². The molecular formula is C20H16ClN5O2S2. The number of aromatic nitrogens is 2. The third-order valence-electron chi connectivity index (χ3n) is 5.43. The van der Waals surface area contributed by atoms with Crippen LogP contribution in [0, 0.1) is 0 Å². The van der Waals surface area contributed by atoms with Gasteiger partial charge in [-0.05, 0) is 36.0 Å². The monoisotopic (exact) mass is 457 g/mol. The van der Waals surface area contributed by atoms with Crippen LogP contribution >= 0.6 is 35.1 Å². The van der Waals surface area contributed by atoms with Crippen LogP contribution in [-0.4, -0.2) is 44.7 Å². The fourth-order valence-electron chi connectivity index (χ4n) is 4.11. The number of nitrogens with zero attached hydrogens (tertiary/aromatic N) is 2. The van der Waals surface area contributed by atoms with E-state index in [-0.39, 0.29) is 23.0 Å². The van der Waals surface area contributed by atoms with Gasteiger partial charge in [-0.1, -0.05) is 29.4 Å². The molecule has 0 aromatic carbocycles. The number of aromatic amines is 1. The van der Waals surface area contributed by atoms with Gasteiger partial charge in [-0.3, -0.25) is 14.9 Å². The Morgan fingerprint density at radius 1 is 1.30 bits per heavy atom. The van der Waals surface area contributed by atoms with E-state index in [0.717, 1.165) is 42.9 Å². The van der Waals surface area contributed by atoms with Gasteiger partial charge in [-0.2, -0.15) is 5.10 Å². The van der Waals surface area contributed by atoms with E-state index >= 15 is 0 Å². The molecule has 2 aromatic heterocycles. The number of hydrogen-bond acceptors (Lipinski definition) is 8. The van der Waals surface area contributed by atoms with Crippen LogP contribution in [0.15, 0.2) is 67.4 Å². The number of hydrogen-bond donors (Lipinski definition) is 3. The van der Waals surface area contributed by atoms with Crippen LogP contribution in [0.3, 0.4) is 0 Å². The van der Waals surface area contributed by atoms with Crippen molar-refractivity contribution in [1.82, 2.24) is 15.5 Å². The highest BCUT2D eigenvalue weighted by atomic mass is 35.5. The van der Waals surface area contributed by atoms with Gasteiger partial charge in [-0.15, -0.1) is 0 Å². The maximum Gasteiger partial charge on any atom is 0.175 e. The number of aliphatic imine (C=N–C) groups is 1. The summed E-state index contributed by atoms with van der Waals surface area (Å²) in [5.41, 5.74) is 2.53. The van der Waals surface area contributed by atoms with E-state index in [4.69, 9.17) is 21.0 Å². The standard InChI is InChI=1S/C20H16ClN5O2S2/c21-9-1-3-15-11(5-9)25-20(29-15)30-16-4-2-14(28-16)17-10-6-23-26-19(10)24-12-7-22-8-13(27)18(12)17/h1-6,11,15,17,22H,7-8H2,(H2,23,24,26). The third-order valence-corrected chi connectivity index (χ3v) is 7.94. The lowest BCUT2D eigenvalue weighted by molar-refractivity contribution is -0.115. The number of carbonyl (C=O) groups excluding carboxylic acids is 1. The highest BCUT2D eigenvalue weighted by molar-refractivity contribution is 8.39. The van der Waals surface area contributed by atoms with Crippen LogP contribution in [0.2, 0.25) is 0 Å². The molecule has 0 fully saturated rings. The fraction of sp³-hybridized carbons (Fsp3) is 0.250. The number of Topliss-reactive ketones (excluding diaryl/α,β-unsaturated/α-hetero) is 1. The van der Waals surface area contributed by atoms with Gasteiger partial charge in [-0.25, -0.2) is 0 Å². The molecule has 3 N–H and O–H groups in total. The van der Waals surface area contributed by atoms with Crippen molar-refractivity contribution in [3.8, 4) is 0 Å². The van der Waals surface area contributed by atoms with Gasteiger partial charge in [0, 0.05) is 28.4 Å². The van der Waals surface area contributed by atoms with Gasteiger partial charge in [0.15, 0.2) is 10.9 Å². The molecule has 7 nitrogen and oxygen atoms in total. The van der Waals surface area contributed by atoms with Crippen LogP contribution in [0.1, 0.15) is 17.2 Å². The van der Waals surface area contributed by atoms with Crippen molar-refractivity contribution >= 4 is 51.1 Å². The minimum atomic E-state index is -0.274. The lowest BCUT2D eigenvalue weighted by Crippen LogP contribution is -2.39. The van der Waals surface area contributed by atoms with Crippen molar-refractivity contribution in [2.24, 2.45) is 4.99 Å². The molecule has 5 heterocycles. The molecule has 0 amide bonds. The van der Waals surface area contributed by atoms with Gasteiger partial charge >= 0.3 is 0 Å². The minimum absolute atomic E-state index is 0.0708. The van der Waals surface area contributed by atoms with Crippen molar-refractivity contribution in [1.29, 1.82) is 0 Å². The van der Waals surface area contributed by atoms with Gasteiger partial charge in [0.2, 0.25) is 0 Å². The van der Waals surface area contributed by atoms with Crippen molar-refractivity contribution in [2.75, 3.05) is 18.4 Å². The topological polar surface area (TPSA) is 95.3 Å². The minimum Gasteiger partial charge on any atom is -0.453 e.